The summed E-state index contributed by atoms with van der Waals surface area (Å²) < 4.78 is 0. The minimum atomic E-state index is -0.0108. The first-order valence-corrected chi connectivity index (χ1v) is 9.72. The molecule has 1 aliphatic heterocycles. The molecule has 1 aromatic rings. The molecule has 0 aliphatic carbocycles. The zero-order valence-electron chi connectivity index (χ0n) is 16.1. The standard InChI is InChI=1S/C21H32N2O2.ClH/c1-3-4-5-6-17-7-9-18(10-8-17)20(24)11-12-21(25)23-19-13-14-22-15-16(19)2;/h7-10,16,19,22H,3-6,11-15H2,1-2H3,(H,23,25);1H. The Morgan fingerprint density at radius 2 is 1.88 bits per heavy atom. The summed E-state index contributed by atoms with van der Waals surface area (Å²) in [5.41, 5.74) is 1.99. The molecule has 0 spiro atoms. The Labute approximate surface area is 163 Å². The lowest BCUT2D eigenvalue weighted by Gasteiger charge is -2.30. The first-order valence-electron chi connectivity index (χ1n) is 9.72. The number of Topliss-reactive ketones (excluding diaryl/α,β-unsaturated/α-hetero) is 1. The number of hydrogen-bond acceptors (Lipinski definition) is 3. The first kappa shape index (κ1) is 22.7. The Morgan fingerprint density at radius 1 is 1.15 bits per heavy atom. The topological polar surface area (TPSA) is 58.2 Å². The molecule has 1 saturated heterocycles. The van der Waals surface area contributed by atoms with Crippen LogP contribution in [-0.4, -0.2) is 30.8 Å². The van der Waals surface area contributed by atoms with Gasteiger partial charge in [-0.25, -0.2) is 0 Å². The van der Waals surface area contributed by atoms with E-state index >= 15 is 0 Å². The van der Waals surface area contributed by atoms with E-state index in [4.69, 9.17) is 0 Å². The first-order chi connectivity index (χ1) is 12.1. The van der Waals surface area contributed by atoms with Gasteiger partial charge in [-0.2, -0.15) is 0 Å². The molecule has 26 heavy (non-hydrogen) atoms. The SMILES string of the molecule is CCCCCc1ccc(C(=O)CCC(=O)NC2CCNCC2C)cc1.Cl. The highest BCUT2D eigenvalue weighted by Crippen LogP contribution is 2.13. The molecule has 2 N–H and O–H groups in total. The number of ketones is 1. The molecule has 1 fully saturated rings. The van der Waals surface area contributed by atoms with Gasteiger partial charge in [-0.05, 0) is 43.8 Å². The van der Waals surface area contributed by atoms with Crippen LogP contribution in [0.5, 0.6) is 0 Å². The number of nitrogens with one attached hydrogen (secondary N) is 2. The predicted octanol–water partition coefficient (Wildman–Crippen LogP) is 3.92. The molecule has 2 atom stereocenters. The lowest BCUT2D eigenvalue weighted by molar-refractivity contribution is -0.122. The highest BCUT2D eigenvalue weighted by Gasteiger charge is 2.22. The summed E-state index contributed by atoms with van der Waals surface area (Å²) >= 11 is 0. The number of unbranched alkanes of at least 4 members (excludes halogenated alkanes) is 2. The summed E-state index contributed by atoms with van der Waals surface area (Å²) in [7, 11) is 0. The van der Waals surface area contributed by atoms with Crippen LogP contribution in [-0.2, 0) is 11.2 Å². The molecule has 1 heterocycles. The molecule has 2 rings (SSSR count). The zero-order chi connectivity index (χ0) is 18.1. The van der Waals surface area contributed by atoms with Crippen LogP contribution in [0.15, 0.2) is 24.3 Å². The second kappa shape index (κ2) is 12.1. The van der Waals surface area contributed by atoms with E-state index in [0.717, 1.165) is 25.9 Å². The lowest BCUT2D eigenvalue weighted by atomic mass is 9.95. The van der Waals surface area contributed by atoms with Gasteiger partial charge in [-0.1, -0.05) is 51.0 Å². The predicted molar refractivity (Wildman–Crippen MR) is 109 cm³/mol. The fourth-order valence-electron chi connectivity index (χ4n) is 3.32. The molecule has 2 unspecified atom stereocenters. The van der Waals surface area contributed by atoms with Crippen LogP contribution >= 0.6 is 12.4 Å². The van der Waals surface area contributed by atoms with Crippen molar-refractivity contribution in [2.75, 3.05) is 13.1 Å². The molecular formula is C21H33ClN2O2. The molecule has 1 aliphatic rings. The molecule has 0 aromatic heterocycles. The highest BCUT2D eigenvalue weighted by atomic mass is 35.5. The average Bonchev–Trinajstić information content (AvgIpc) is 2.62. The van der Waals surface area contributed by atoms with Gasteiger partial charge in [-0.3, -0.25) is 9.59 Å². The minimum absolute atomic E-state index is 0. The van der Waals surface area contributed by atoms with Crippen molar-refractivity contribution in [1.29, 1.82) is 0 Å². The van der Waals surface area contributed by atoms with Gasteiger partial charge in [0.1, 0.15) is 0 Å². The van der Waals surface area contributed by atoms with Gasteiger partial charge >= 0.3 is 0 Å². The van der Waals surface area contributed by atoms with Crippen molar-refractivity contribution in [2.24, 2.45) is 5.92 Å². The third kappa shape index (κ3) is 7.46. The highest BCUT2D eigenvalue weighted by molar-refractivity contribution is 5.98. The Hall–Kier alpha value is -1.39. The largest absolute Gasteiger partial charge is 0.353 e. The van der Waals surface area contributed by atoms with Gasteiger partial charge in [0, 0.05) is 24.4 Å². The molecule has 1 aromatic carbocycles. The lowest BCUT2D eigenvalue weighted by Crippen LogP contribution is -2.48. The van der Waals surface area contributed by atoms with E-state index in [0.29, 0.717) is 11.5 Å². The van der Waals surface area contributed by atoms with Gasteiger partial charge in [-0.15, -0.1) is 12.4 Å². The van der Waals surface area contributed by atoms with Gasteiger partial charge in [0.15, 0.2) is 5.78 Å². The maximum Gasteiger partial charge on any atom is 0.220 e. The summed E-state index contributed by atoms with van der Waals surface area (Å²) in [5.74, 6) is 0.477. The number of hydrogen-bond donors (Lipinski definition) is 2. The molecule has 0 bridgehead atoms. The van der Waals surface area contributed by atoms with E-state index in [1.54, 1.807) is 0 Å². The summed E-state index contributed by atoms with van der Waals surface area (Å²) in [5, 5.41) is 6.41. The minimum Gasteiger partial charge on any atom is -0.353 e. The van der Waals surface area contributed by atoms with Crippen molar-refractivity contribution in [2.45, 2.75) is 64.8 Å². The van der Waals surface area contributed by atoms with Crippen LogP contribution in [0.1, 0.15) is 68.3 Å². The van der Waals surface area contributed by atoms with Crippen LogP contribution in [0.3, 0.4) is 0 Å². The summed E-state index contributed by atoms with van der Waals surface area (Å²) in [6.45, 7) is 6.22. The van der Waals surface area contributed by atoms with E-state index in [2.05, 4.69) is 24.5 Å². The fraction of sp³-hybridized carbons (Fsp3) is 0.619. The smallest absolute Gasteiger partial charge is 0.220 e. The number of rotatable bonds is 9. The summed E-state index contributed by atoms with van der Waals surface area (Å²) in [4.78, 5) is 24.4. The van der Waals surface area contributed by atoms with Crippen molar-refractivity contribution in [3.63, 3.8) is 0 Å². The van der Waals surface area contributed by atoms with Crippen molar-refractivity contribution in [3.05, 3.63) is 35.4 Å². The van der Waals surface area contributed by atoms with E-state index < -0.39 is 0 Å². The molecular weight excluding hydrogens is 348 g/mol. The van der Waals surface area contributed by atoms with Crippen LogP contribution in [0.25, 0.3) is 0 Å². The fourth-order valence-corrected chi connectivity index (χ4v) is 3.32. The Morgan fingerprint density at radius 3 is 2.54 bits per heavy atom. The molecule has 4 nitrogen and oxygen atoms in total. The Kier molecular flexibility index (Phi) is 10.5. The van der Waals surface area contributed by atoms with Crippen LogP contribution in [0, 0.1) is 5.92 Å². The number of carbonyl (C=O) groups excluding carboxylic acids is 2. The van der Waals surface area contributed by atoms with Gasteiger partial charge < -0.3 is 10.6 Å². The van der Waals surface area contributed by atoms with E-state index in [-0.39, 0.29) is 43.0 Å². The number of aryl methyl sites for hydroxylation is 1. The quantitative estimate of drug-likeness (QED) is 0.504. The number of amides is 1. The summed E-state index contributed by atoms with van der Waals surface area (Å²) in [6.07, 6.45) is 6.23. The molecule has 0 radical (unpaired) electrons. The van der Waals surface area contributed by atoms with Gasteiger partial charge in [0.25, 0.3) is 0 Å². The normalized spacial score (nSPS) is 19.5. The number of benzene rings is 1. The van der Waals surface area contributed by atoms with Crippen LogP contribution in [0.2, 0.25) is 0 Å². The molecule has 0 saturated carbocycles. The second-order valence-electron chi connectivity index (χ2n) is 7.22. The van der Waals surface area contributed by atoms with E-state index in [1.807, 2.05) is 24.3 Å². The van der Waals surface area contributed by atoms with Crippen molar-refractivity contribution < 1.29 is 9.59 Å². The maximum atomic E-state index is 12.3. The molecule has 5 heteroatoms. The van der Waals surface area contributed by atoms with Crippen LogP contribution in [0.4, 0.5) is 0 Å². The second-order valence-corrected chi connectivity index (χ2v) is 7.22. The van der Waals surface area contributed by atoms with E-state index in [9.17, 15) is 9.59 Å². The maximum absolute atomic E-state index is 12.3. The zero-order valence-corrected chi connectivity index (χ0v) is 16.9. The monoisotopic (exact) mass is 380 g/mol. The number of piperidine rings is 1. The number of carbonyl (C=O) groups is 2. The Bertz CT molecular complexity index is 560. The summed E-state index contributed by atoms with van der Waals surface area (Å²) in [6, 6.07) is 8.11. The number of halogens is 1. The molecule has 1 amide bonds. The third-order valence-electron chi connectivity index (χ3n) is 5.06. The Balaban J connectivity index is 0.00000338. The van der Waals surface area contributed by atoms with E-state index in [1.165, 1.54) is 24.8 Å². The molecule has 146 valence electrons. The van der Waals surface area contributed by atoms with Crippen LogP contribution < -0.4 is 10.6 Å². The van der Waals surface area contributed by atoms with Crippen molar-refractivity contribution >= 4 is 24.1 Å². The van der Waals surface area contributed by atoms with Gasteiger partial charge in [0.2, 0.25) is 5.91 Å². The van der Waals surface area contributed by atoms with Gasteiger partial charge in [0.05, 0.1) is 0 Å². The average molecular weight is 381 g/mol. The van der Waals surface area contributed by atoms with Crippen molar-refractivity contribution in [3.8, 4) is 0 Å². The third-order valence-corrected chi connectivity index (χ3v) is 5.06. The van der Waals surface area contributed by atoms with Crippen molar-refractivity contribution in [1.82, 2.24) is 10.6 Å².